The molecule has 1 fully saturated rings. The van der Waals surface area contributed by atoms with Gasteiger partial charge in [0.25, 0.3) is 0 Å². The van der Waals surface area contributed by atoms with Gasteiger partial charge in [-0.3, -0.25) is 4.98 Å². The monoisotopic (exact) mass is 514 g/mol. The first-order valence-corrected chi connectivity index (χ1v) is 13.5. The molecule has 6 rings (SSSR count). The number of anilines is 2. The van der Waals surface area contributed by atoms with E-state index in [4.69, 9.17) is 19.4 Å². The average molecular weight is 515 g/mol. The highest BCUT2D eigenvalue weighted by Crippen LogP contribution is 2.38. The van der Waals surface area contributed by atoms with Gasteiger partial charge in [0.05, 0.1) is 27.7 Å². The summed E-state index contributed by atoms with van der Waals surface area (Å²) in [4.78, 5) is 19.1. The van der Waals surface area contributed by atoms with Gasteiger partial charge in [-0.1, -0.05) is 18.2 Å². The van der Waals surface area contributed by atoms with Gasteiger partial charge in [-0.15, -0.1) is 11.3 Å². The molecule has 3 N–H and O–H groups in total. The summed E-state index contributed by atoms with van der Waals surface area (Å²) in [5.74, 6) is 2.45. The summed E-state index contributed by atoms with van der Waals surface area (Å²) in [6, 6.07) is 12.2. The second-order valence-corrected chi connectivity index (χ2v) is 10.9. The fourth-order valence-corrected chi connectivity index (χ4v) is 6.24. The number of hydrogen-bond acceptors (Lipinski definition) is 9. The van der Waals surface area contributed by atoms with Crippen molar-refractivity contribution >= 4 is 44.3 Å². The molecule has 8 nitrogen and oxygen atoms in total. The number of aliphatic hydroxyl groups excluding tert-OH is 1. The molecular weight excluding hydrogens is 484 g/mol. The number of thiazole rings is 1. The summed E-state index contributed by atoms with van der Waals surface area (Å²) >= 11 is 1.63. The third-order valence-corrected chi connectivity index (χ3v) is 8.19. The number of para-hydroxylation sites is 1. The first-order valence-electron chi connectivity index (χ1n) is 12.7. The van der Waals surface area contributed by atoms with Crippen LogP contribution < -0.4 is 10.6 Å². The van der Waals surface area contributed by atoms with Gasteiger partial charge in [-0.05, 0) is 64.2 Å². The van der Waals surface area contributed by atoms with E-state index in [0.717, 1.165) is 74.0 Å². The number of hydrogen-bond donors (Lipinski definition) is 3. The normalized spacial score (nSPS) is 18.5. The van der Waals surface area contributed by atoms with E-state index in [1.54, 1.807) is 11.3 Å². The first kappa shape index (κ1) is 23.8. The van der Waals surface area contributed by atoms with Gasteiger partial charge in [-0.2, -0.15) is 4.98 Å². The SMILES string of the molecule is Cc1nc(NC(C)c2cc3ccccc3o2)nc(NC2CCC(CO)C2)c1-c1nc2c(C)nccc2s1. The zero-order valence-corrected chi connectivity index (χ0v) is 22.0. The van der Waals surface area contributed by atoms with Gasteiger partial charge in [0.15, 0.2) is 0 Å². The summed E-state index contributed by atoms with van der Waals surface area (Å²) in [6.07, 6.45) is 4.74. The minimum Gasteiger partial charge on any atom is -0.459 e. The van der Waals surface area contributed by atoms with E-state index in [1.807, 2.05) is 57.3 Å². The van der Waals surface area contributed by atoms with Gasteiger partial charge < -0.3 is 20.2 Å². The van der Waals surface area contributed by atoms with Crippen molar-refractivity contribution < 1.29 is 9.52 Å². The number of benzene rings is 1. The molecule has 4 heterocycles. The molecule has 1 aliphatic rings. The number of pyridine rings is 1. The number of aromatic nitrogens is 4. The van der Waals surface area contributed by atoms with Gasteiger partial charge in [-0.25, -0.2) is 9.97 Å². The fraction of sp³-hybridized carbons (Fsp3) is 0.357. The Labute approximate surface area is 219 Å². The van der Waals surface area contributed by atoms with Crippen LogP contribution in [0.15, 0.2) is 47.0 Å². The van der Waals surface area contributed by atoms with Crippen molar-refractivity contribution in [1.82, 2.24) is 19.9 Å². The number of rotatable bonds is 7. The van der Waals surface area contributed by atoms with Crippen LogP contribution in [-0.2, 0) is 0 Å². The van der Waals surface area contributed by atoms with E-state index in [0.29, 0.717) is 11.9 Å². The zero-order chi connectivity index (χ0) is 25.5. The molecule has 0 bridgehead atoms. The van der Waals surface area contributed by atoms with E-state index >= 15 is 0 Å². The maximum atomic E-state index is 9.65. The Morgan fingerprint density at radius 2 is 1.97 bits per heavy atom. The molecule has 1 aliphatic carbocycles. The van der Waals surface area contributed by atoms with Crippen LogP contribution in [0, 0.1) is 19.8 Å². The standard InChI is InChI=1S/C28H30N6O2S/c1-15(22-13-19-6-4-5-7-21(19)36-22)30-28-31-16(2)24(26(34-28)32-20-9-8-18(12-20)14-35)27-33-25-17(3)29-11-10-23(25)37-27/h4-7,10-11,13,15,18,20,35H,8-9,12,14H2,1-3H3,(H2,30,31,32,34). The van der Waals surface area contributed by atoms with Crippen LogP contribution in [0.2, 0.25) is 0 Å². The van der Waals surface area contributed by atoms with Gasteiger partial charge in [0.2, 0.25) is 5.95 Å². The zero-order valence-electron chi connectivity index (χ0n) is 21.2. The highest BCUT2D eigenvalue weighted by molar-refractivity contribution is 7.21. The number of nitrogens with zero attached hydrogens (tertiary/aromatic N) is 4. The molecular formula is C28H30N6O2S. The lowest BCUT2D eigenvalue weighted by Crippen LogP contribution is -2.19. The van der Waals surface area contributed by atoms with E-state index in [2.05, 4.69) is 21.7 Å². The van der Waals surface area contributed by atoms with Crippen molar-refractivity contribution in [3.8, 4) is 10.6 Å². The molecule has 3 unspecified atom stereocenters. The molecule has 9 heteroatoms. The predicted molar refractivity (Wildman–Crippen MR) is 148 cm³/mol. The Balaban J connectivity index is 1.37. The third kappa shape index (κ3) is 4.65. The molecule has 4 aromatic heterocycles. The molecule has 3 atom stereocenters. The molecule has 0 amide bonds. The summed E-state index contributed by atoms with van der Waals surface area (Å²) in [5.41, 5.74) is 4.44. The van der Waals surface area contributed by atoms with Crippen molar-refractivity contribution in [3.05, 3.63) is 59.7 Å². The van der Waals surface area contributed by atoms with Crippen molar-refractivity contribution in [2.24, 2.45) is 5.92 Å². The Morgan fingerprint density at radius 3 is 2.76 bits per heavy atom. The molecule has 37 heavy (non-hydrogen) atoms. The molecule has 190 valence electrons. The molecule has 0 aliphatic heterocycles. The van der Waals surface area contributed by atoms with Crippen LogP contribution in [0.3, 0.4) is 0 Å². The number of nitrogens with one attached hydrogen (secondary N) is 2. The lowest BCUT2D eigenvalue weighted by atomic mass is 10.1. The summed E-state index contributed by atoms with van der Waals surface area (Å²) in [7, 11) is 0. The average Bonchev–Trinajstić information content (AvgIpc) is 3.62. The Bertz CT molecular complexity index is 1550. The molecule has 0 spiro atoms. The Morgan fingerprint density at radius 1 is 1.11 bits per heavy atom. The number of fused-ring (bicyclic) bond motifs is 2. The lowest BCUT2D eigenvalue weighted by molar-refractivity contribution is 0.229. The molecule has 1 saturated carbocycles. The molecule has 1 aromatic carbocycles. The second kappa shape index (κ2) is 9.72. The van der Waals surface area contributed by atoms with Crippen LogP contribution >= 0.6 is 11.3 Å². The van der Waals surface area contributed by atoms with Gasteiger partial charge in [0.1, 0.15) is 27.7 Å². The third-order valence-electron chi connectivity index (χ3n) is 7.15. The maximum absolute atomic E-state index is 9.65. The van der Waals surface area contributed by atoms with E-state index in [-0.39, 0.29) is 18.7 Å². The van der Waals surface area contributed by atoms with E-state index in [9.17, 15) is 5.11 Å². The molecule has 0 saturated heterocycles. The Kier molecular flexibility index (Phi) is 6.26. The van der Waals surface area contributed by atoms with Crippen molar-refractivity contribution in [2.45, 2.75) is 52.1 Å². The second-order valence-electron chi connectivity index (χ2n) is 9.87. The van der Waals surface area contributed by atoms with Gasteiger partial charge >= 0.3 is 0 Å². The first-order chi connectivity index (χ1) is 18.0. The van der Waals surface area contributed by atoms with E-state index < -0.39 is 0 Å². The van der Waals surface area contributed by atoms with E-state index in [1.165, 1.54) is 0 Å². The van der Waals surface area contributed by atoms with Crippen LogP contribution in [0.25, 0.3) is 31.8 Å². The highest BCUT2D eigenvalue weighted by atomic mass is 32.1. The smallest absolute Gasteiger partial charge is 0.225 e. The van der Waals surface area contributed by atoms with Crippen molar-refractivity contribution in [3.63, 3.8) is 0 Å². The Hall–Kier alpha value is -3.56. The minimum atomic E-state index is -0.119. The summed E-state index contributed by atoms with van der Waals surface area (Å²) in [5, 5.41) is 18.7. The number of aryl methyl sites for hydroxylation is 2. The molecule has 5 aromatic rings. The van der Waals surface area contributed by atoms with Crippen LogP contribution in [-0.4, -0.2) is 37.7 Å². The van der Waals surface area contributed by atoms with Crippen molar-refractivity contribution in [1.29, 1.82) is 0 Å². The maximum Gasteiger partial charge on any atom is 0.225 e. The largest absolute Gasteiger partial charge is 0.459 e. The summed E-state index contributed by atoms with van der Waals surface area (Å²) < 4.78 is 7.15. The van der Waals surface area contributed by atoms with Crippen LogP contribution in [0.1, 0.15) is 49.4 Å². The minimum absolute atomic E-state index is 0.119. The van der Waals surface area contributed by atoms with Crippen LogP contribution in [0.5, 0.6) is 0 Å². The number of furan rings is 1. The summed E-state index contributed by atoms with van der Waals surface area (Å²) in [6.45, 7) is 6.25. The van der Waals surface area contributed by atoms with Gasteiger partial charge in [0, 0.05) is 24.2 Å². The quantitative estimate of drug-likeness (QED) is 0.234. The predicted octanol–water partition coefficient (Wildman–Crippen LogP) is 6.26. The highest BCUT2D eigenvalue weighted by Gasteiger charge is 2.27. The van der Waals surface area contributed by atoms with Crippen molar-refractivity contribution in [2.75, 3.05) is 17.2 Å². The number of aliphatic hydroxyl groups is 1. The lowest BCUT2D eigenvalue weighted by Gasteiger charge is -2.19. The molecule has 0 radical (unpaired) electrons. The van der Waals surface area contributed by atoms with Crippen LogP contribution in [0.4, 0.5) is 11.8 Å². The fourth-order valence-electron chi connectivity index (χ4n) is 5.13. The topological polar surface area (TPSA) is 109 Å².